The Labute approximate surface area is 113 Å². The summed E-state index contributed by atoms with van der Waals surface area (Å²) in [5.41, 5.74) is 0. The molecule has 0 saturated carbocycles. The first kappa shape index (κ1) is 13.9. The van der Waals surface area contributed by atoms with Gasteiger partial charge in [-0.3, -0.25) is 4.90 Å². The van der Waals surface area contributed by atoms with E-state index in [-0.39, 0.29) is 6.03 Å². The van der Waals surface area contributed by atoms with E-state index in [1.165, 1.54) is 0 Å². The van der Waals surface area contributed by atoms with Gasteiger partial charge in [0.25, 0.3) is 0 Å². The number of urea groups is 1. The summed E-state index contributed by atoms with van der Waals surface area (Å²) in [6.45, 7) is 6.03. The van der Waals surface area contributed by atoms with Gasteiger partial charge in [0.15, 0.2) is 0 Å². The van der Waals surface area contributed by atoms with Crippen molar-refractivity contribution in [3.05, 3.63) is 24.2 Å². The second-order valence-electron chi connectivity index (χ2n) is 4.65. The zero-order valence-corrected chi connectivity index (χ0v) is 11.2. The fourth-order valence-corrected chi connectivity index (χ4v) is 2.21. The average Bonchev–Trinajstić information content (AvgIpc) is 2.94. The van der Waals surface area contributed by atoms with Gasteiger partial charge in [0, 0.05) is 39.3 Å². The van der Waals surface area contributed by atoms with Crippen molar-refractivity contribution in [3.63, 3.8) is 0 Å². The van der Waals surface area contributed by atoms with E-state index in [9.17, 15) is 9.90 Å². The number of piperazine rings is 1. The van der Waals surface area contributed by atoms with Crippen molar-refractivity contribution in [2.45, 2.75) is 13.0 Å². The molecular weight excluding hydrogens is 246 g/mol. The lowest BCUT2D eigenvalue weighted by Crippen LogP contribution is -2.52. The number of amides is 2. The van der Waals surface area contributed by atoms with Gasteiger partial charge in [-0.15, -0.1) is 0 Å². The molecule has 6 nitrogen and oxygen atoms in total. The van der Waals surface area contributed by atoms with E-state index >= 15 is 0 Å². The Kier molecular flexibility index (Phi) is 4.81. The summed E-state index contributed by atoms with van der Waals surface area (Å²) in [5, 5.41) is 12.8. The summed E-state index contributed by atoms with van der Waals surface area (Å²) in [6, 6.07) is 3.54. The van der Waals surface area contributed by atoms with Gasteiger partial charge >= 0.3 is 6.03 Å². The van der Waals surface area contributed by atoms with Crippen LogP contribution >= 0.6 is 0 Å². The number of nitrogens with zero attached hydrogens (tertiary/aromatic N) is 2. The van der Waals surface area contributed by atoms with Gasteiger partial charge in [0.1, 0.15) is 11.9 Å². The van der Waals surface area contributed by atoms with Crippen LogP contribution in [0, 0.1) is 0 Å². The molecule has 1 aromatic rings. The van der Waals surface area contributed by atoms with Crippen molar-refractivity contribution in [3.8, 4) is 0 Å². The van der Waals surface area contributed by atoms with Crippen LogP contribution in [0.5, 0.6) is 0 Å². The molecule has 0 aromatic carbocycles. The highest BCUT2D eigenvalue weighted by Crippen LogP contribution is 2.15. The molecule has 1 unspecified atom stereocenters. The molecule has 2 amide bonds. The molecule has 0 spiro atoms. The minimum absolute atomic E-state index is 0.00580. The largest absolute Gasteiger partial charge is 0.467 e. The predicted molar refractivity (Wildman–Crippen MR) is 70.8 cm³/mol. The van der Waals surface area contributed by atoms with Crippen LogP contribution in [-0.2, 0) is 0 Å². The number of furan rings is 1. The average molecular weight is 267 g/mol. The Bertz CT molecular complexity index is 386. The standard InChI is InChI=1S/C13H21N3O3/c1-2-14-13(18)16-7-5-15(6-8-16)10-11(17)12-4-3-9-19-12/h3-4,9,11,17H,2,5-8,10H2,1H3,(H,14,18). The van der Waals surface area contributed by atoms with Crippen LogP contribution in [0.25, 0.3) is 0 Å². The number of nitrogens with one attached hydrogen (secondary N) is 1. The van der Waals surface area contributed by atoms with Gasteiger partial charge in [-0.05, 0) is 19.1 Å². The molecule has 1 aromatic heterocycles. The van der Waals surface area contributed by atoms with E-state index in [1.54, 1.807) is 23.3 Å². The monoisotopic (exact) mass is 267 g/mol. The van der Waals surface area contributed by atoms with Gasteiger partial charge in [-0.2, -0.15) is 0 Å². The fourth-order valence-electron chi connectivity index (χ4n) is 2.21. The van der Waals surface area contributed by atoms with E-state index in [0.717, 1.165) is 13.1 Å². The zero-order chi connectivity index (χ0) is 13.7. The Morgan fingerprint density at radius 3 is 2.79 bits per heavy atom. The number of carbonyl (C=O) groups excluding carboxylic acids is 1. The molecule has 6 heteroatoms. The smallest absolute Gasteiger partial charge is 0.317 e. The van der Waals surface area contributed by atoms with Crippen LogP contribution in [0.1, 0.15) is 18.8 Å². The minimum Gasteiger partial charge on any atom is -0.467 e. The normalized spacial score (nSPS) is 18.3. The highest BCUT2D eigenvalue weighted by Gasteiger charge is 2.23. The van der Waals surface area contributed by atoms with Crippen molar-refractivity contribution >= 4 is 6.03 Å². The summed E-state index contributed by atoms with van der Waals surface area (Å²) in [4.78, 5) is 15.6. The molecule has 0 aliphatic carbocycles. The molecule has 19 heavy (non-hydrogen) atoms. The summed E-state index contributed by atoms with van der Waals surface area (Å²) in [6.07, 6.45) is 0.956. The topological polar surface area (TPSA) is 69.0 Å². The van der Waals surface area contributed by atoms with Crippen molar-refractivity contribution in [1.82, 2.24) is 15.1 Å². The van der Waals surface area contributed by atoms with E-state index < -0.39 is 6.10 Å². The molecule has 2 rings (SSSR count). The highest BCUT2D eigenvalue weighted by atomic mass is 16.4. The third-order valence-corrected chi connectivity index (χ3v) is 3.29. The molecular formula is C13H21N3O3. The molecule has 2 heterocycles. The number of β-amino-alcohol motifs (C(OH)–C–C–N with tert-alkyl or cyclic N) is 1. The maximum Gasteiger partial charge on any atom is 0.317 e. The Hall–Kier alpha value is -1.53. The molecule has 1 fully saturated rings. The lowest BCUT2D eigenvalue weighted by molar-refractivity contribution is 0.0692. The maximum atomic E-state index is 11.6. The first-order valence-corrected chi connectivity index (χ1v) is 6.67. The first-order valence-electron chi connectivity index (χ1n) is 6.67. The molecule has 0 radical (unpaired) electrons. The molecule has 1 aliphatic heterocycles. The number of hydrogen-bond acceptors (Lipinski definition) is 4. The molecule has 106 valence electrons. The third-order valence-electron chi connectivity index (χ3n) is 3.29. The van der Waals surface area contributed by atoms with Gasteiger partial charge in [-0.1, -0.05) is 0 Å². The van der Waals surface area contributed by atoms with E-state index in [1.807, 2.05) is 6.92 Å². The van der Waals surface area contributed by atoms with Crippen molar-refractivity contribution in [2.75, 3.05) is 39.3 Å². The second kappa shape index (κ2) is 6.58. The third kappa shape index (κ3) is 3.71. The summed E-state index contributed by atoms with van der Waals surface area (Å²) in [7, 11) is 0. The van der Waals surface area contributed by atoms with Crippen LogP contribution in [0.2, 0.25) is 0 Å². The first-order chi connectivity index (χ1) is 9.20. The Morgan fingerprint density at radius 2 is 2.21 bits per heavy atom. The van der Waals surface area contributed by atoms with Crippen LogP contribution < -0.4 is 5.32 Å². The minimum atomic E-state index is -0.606. The number of carbonyl (C=O) groups is 1. The zero-order valence-electron chi connectivity index (χ0n) is 11.2. The second-order valence-corrected chi connectivity index (χ2v) is 4.65. The predicted octanol–water partition coefficient (Wildman–Crippen LogP) is 0.660. The van der Waals surface area contributed by atoms with E-state index in [2.05, 4.69) is 10.2 Å². The van der Waals surface area contributed by atoms with Crippen molar-refractivity contribution in [1.29, 1.82) is 0 Å². The molecule has 2 N–H and O–H groups in total. The number of aliphatic hydroxyl groups is 1. The number of aliphatic hydroxyl groups excluding tert-OH is 1. The summed E-state index contributed by atoms with van der Waals surface area (Å²) in [5.74, 6) is 0.589. The maximum absolute atomic E-state index is 11.6. The van der Waals surface area contributed by atoms with Crippen LogP contribution in [0.15, 0.2) is 22.8 Å². The molecule has 1 aliphatic rings. The van der Waals surface area contributed by atoms with E-state index in [4.69, 9.17) is 4.42 Å². The van der Waals surface area contributed by atoms with Gasteiger partial charge in [0.2, 0.25) is 0 Å². The van der Waals surface area contributed by atoms with Crippen LogP contribution in [0.3, 0.4) is 0 Å². The quantitative estimate of drug-likeness (QED) is 0.841. The molecule has 1 saturated heterocycles. The van der Waals surface area contributed by atoms with Crippen molar-refractivity contribution in [2.24, 2.45) is 0 Å². The lowest BCUT2D eigenvalue weighted by Gasteiger charge is -2.35. The van der Waals surface area contributed by atoms with Gasteiger partial charge in [0.05, 0.1) is 6.26 Å². The van der Waals surface area contributed by atoms with Crippen molar-refractivity contribution < 1.29 is 14.3 Å². The molecule has 0 bridgehead atoms. The SMILES string of the molecule is CCNC(=O)N1CCN(CC(O)c2ccco2)CC1. The lowest BCUT2D eigenvalue weighted by atomic mass is 10.2. The van der Waals surface area contributed by atoms with Gasteiger partial charge < -0.3 is 19.7 Å². The van der Waals surface area contributed by atoms with E-state index in [0.29, 0.717) is 31.9 Å². The van der Waals surface area contributed by atoms with Crippen LogP contribution in [-0.4, -0.2) is 60.2 Å². The fraction of sp³-hybridized carbons (Fsp3) is 0.615. The highest BCUT2D eigenvalue weighted by molar-refractivity contribution is 5.74. The Morgan fingerprint density at radius 1 is 1.47 bits per heavy atom. The Balaban J connectivity index is 1.76. The number of rotatable bonds is 4. The number of hydrogen-bond donors (Lipinski definition) is 2. The molecule has 1 atom stereocenters. The van der Waals surface area contributed by atoms with Crippen LogP contribution in [0.4, 0.5) is 4.79 Å². The summed E-state index contributed by atoms with van der Waals surface area (Å²) >= 11 is 0. The summed E-state index contributed by atoms with van der Waals surface area (Å²) < 4.78 is 5.18. The van der Waals surface area contributed by atoms with Gasteiger partial charge in [-0.25, -0.2) is 4.79 Å².